The monoisotopic (exact) mass is 961 g/mol. The fourth-order valence-electron chi connectivity index (χ4n) is 9.07. The molecule has 0 rings (SSSR count). The van der Waals surface area contributed by atoms with E-state index in [1.165, 1.54) is 205 Å². The molecular formula is C60H114NO7+. The summed E-state index contributed by atoms with van der Waals surface area (Å²) in [7, 11) is 5.55. The van der Waals surface area contributed by atoms with Gasteiger partial charge < -0.3 is 23.8 Å². The number of hydrogen-bond acceptors (Lipinski definition) is 6. The molecule has 0 saturated carbocycles. The lowest BCUT2D eigenvalue weighted by atomic mass is 10.0. The summed E-state index contributed by atoms with van der Waals surface area (Å²) in [5.74, 6) is -1.45. The number of unbranched alkanes of at least 4 members (excludes halogenated alkanes) is 36. The Morgan fingerprint density at radius 2 is 0.779 bits per heavy atom. The smallest absolute Gasteiger partial charge is 0.362 e. The van der Waals surface area contributed by atoms with Crippen LogP contribution in [0.1, 0.15) is 290 Å². The minimum Gasteiger partial charge on any atom is -0.477 e. The van der Waals surface area contributed by atoms with Crippen LogP contribution in [0.3, 0.4) is 0 Å². The molecule has 0 aromatic heterocycles. The van der Waals surface area contributed by atoms with Gasteiger partial charge in [0.25, 0.3) is 0 Å². The lowest BCUT2D eigenvalue weighted by molar-refractivity contribution is -0.887. The van der Waals surface area contributed by atoms with E-state index in [0.717, 1.165) is 51.4 Å². The third-order valence-electron chi connectivity index (χ3n) is 13.6. The average molecular weight is 962 g/mol. The molecule has 68 heavy (non-hydrogen) atoms. The zero-order valence-electron chi connectivity index (χ0n) is 45.8. The zero-order valence-corrected chi connectivity index (χ0v) is 45.8. The third-order valence-corrected chi connectivity index (χ3v) is 13.6. The van der Waals surface area contributed by atoms with Gasteiger partial charge in [-0.3, -0.25) is 9.59 Å². The third kappa shape index (κ3) is 48.8. The summed E-state index contributed by atoms with van der Waals surface area (Å²) in [6.07, 6.45) is 61.0. The molecule has 8 heteroatoms. The minimum atomic E-state index is -0.872. The second-order valence-electron chi connectivity index (χ2n) is 21.3. The Labute approximate surface area is 421 Å². The van der Waals surface area contributed by atoms with E-state index < -0.39 is 18.1 Å². The number of esters is 2. The van der Waals surface area contributed by atoms with E-state index in [9.17, 15) is 19.5 Å². The van der Waals surface area contributed by atoms with Gasteiger partial charge in [-0.15, -0.1) is 0 Å². The van der Waals surface area contributed by atoms with Crippen LogP contribution in [0.25, 0.3) is 0 Å². The fourth-order valence-corrected chi connectivity index (χ4v) is 9.07. The van der Waals surface area contributed by atoms with Crippen molar-refractivity contribution in [2.24, 2.45) is 0 Å². The highest BCUT2D eigenvalue weighted by molar-refractivity contribution is 5.72. The summed E-state index contributed by atoms with van der Waals surface area (Å²) in [4.78, 5) is 37.3. The molecule has 0 aromatic rings. The minimum absolute atomic E-state index is 0.0488. The van der Waals surface area contributed by atoms with Crippen molar-refractivity contribution in [1.29, 1.82) is 0 Å². The first-order valence-corrected chi connectivity index (χ1v) is 29.4. The molecule has 0 fully saturated rings. The van der Waals surface area contributed by atoms with Gasteiger partial charge in [0.05, 0.1) is 34.4 Å². The highest BCUT2D eigenvalue weighted by Gasteiger charge is 2.31. The van der Waals surface area contributed by atoms with Crippen LogP contribution in [-0.2, 0) is 28.6 Å². The second kappa shape index (κ2) is 51.2. The van der Waals surface area contributed by atoms with Gasteiger partial charge in [-0.05, 0) is 44.9 Å². The van der Waals surface area contributed by atoms with Crippen LogP contribution in [0.2, 0.25) is 0 Å². The van der Waals surface area contributed by atoms with Gasteiger partial charge >= 0.3 is 17.9 Å². The van der Waals surface area contributed by atoms with Gasteiger partial charge in [0.1, 0.15) is 6.61 Å². The maximum atomic E-state index is 12.8. The Hall–Kier alpha value is -2.19. The summed E-state index contributed by atoms with van der Waals surface area (Å²) in [5, 5.41) is 9.68. The Morgan fingerprint density at radius 3 is 1.13 bits per heavy atom. The van der Waals surface area contributed by atoms with Crippen molar-refractivity contribution in [2.45, 2.75) is 302 Å². The number of quaternary nitrogens is 1. The Bertz CT molecular complexity index is 1160. The van der Waals surface area contributed by atoms with Crippen molar-refractivity contribution >= 4 is 17.9 Å². The van der Waals surface area contributed by atoms with E-state index in [4.69, 9.17) is 14.2 Å². The quantitative estimate of drug-likeness (QED) is 0.0281. The lowest BCUT2D eigenvalue weighted by Crippen LogP contribution is -2.50. The molecule has 0 aliphatic carbocycles. The first-order valence-electron chi connectivity index (χ1n) is 29.4. The fraction of sp³-hybridized carbons (Fsp3) is 0.883. The van der Waals surface area contributed by atoms with E-state index in [-0.39, 0.29) is 36.2 Å². The number of carboxylic acids is 1. The largest absolute Gasteiger partial charge is 0.477 e. The standard InChI is InChI=1S/C60H113NO7/c1-6-8-10-12-14-16-18-20-22-24-26-28-30-32-34-36-38-40-42-44-46-48-50-58(62)67-55-56(54-66-53-52-57(60(64)65)61(3,4)5)68-59(63)51-49-47-45-43-41-39-37-35-33-31-29-27-25-23-21-19-17-15-13-11-9-7-2/h25,27,31,33,56-57H,6-24,26,28-30,32,34-55H2,1-5H3/p+1/b27-25+,33-31+. The molecule has 2 atom stereocenters. The summed E-state index contributed by atoms with van der Waals surface area (Å²) < 4.78 is 17.4. The van der Waals surface area contributed by atoms with Crippen molar-refractivity contribution in [1.82, 2.24) is 0 Å². The van der Waals surface area contributed by atoms with E-state index in [1.54, 1.807) is 0 Å². The molecule has 0 spiro atoms. The maximum absolute atomic E-state index is 12.8. The van der Waals surface area contributed by atoms with Crippen molar-refractivity contribution in [3.8, 4) is 0 Å². The van der Waals surface area contributed by atoms with E-state index >= 15 is 0 Å². The summed E-state index contributed by atoms with van der Waals surface area (Å²) in [6.45, 7) is 4.79. The first kappa shape index (κ1) is 65.8. The number of nitrogens with zero attached hydrogens (tertiary/aromatic N) is 1. The molecule has 0 aromatic carbocycles. The van der Waals surface area contributed by atoms with Crippen LogP contribution in [0, 0.1) is 0 Å². The molecule has 0 aliphatic rings. The van der Waals surface area contributed by atoms with Gasteiger partial charge in [-0.2, -0.15) is 0 Å². The van der Waals surface area contributed by atoms with Gasteiger partial charge in [0.2, 0.25) is 0 Å². The lowest BCUT2D eigenvalue weighted by Gasteiger charge is -2.31. The second-order valence-corrected chi connectivity index (χ2v) is 21.3. The number of carbonyl (C=O) groups is 3. The van der Waals surface area contributed by atoms with Gasteiger partial charge in [-0.1, -0.05) is 250 Å². The van der Waals surface area contributed by atoms with Crippen molar-refractivity contribution in [3.63, 3.8) is 0 Å². The van der Waals surface area contributed by atoms with Crippen LogP contribution in [0.5, 0.6) is 0 Å². The molecule has 1 N–H and O–H groups in total. The number of carbonyl (C=O) groups excluding carboxylic acids is 2. The topological polar surface area (TPSA) is 99.1 Å². The van der Waals surface area contributed by atoms with Gasteiger partial charge in [0.15, 0.2) is 12.1 Å². The van der Waals surface area contributed by atoms with E-state index in [0.29, 0.717) is 19.3 Å². The molecule has 2 unspecified atom stereocenters. The molecule has 0 radical (unpaired) electrons. The number of carboxylic acid groups (broad SMARTS) is 1. The van der Waals surface area contributed by atoms with Crippen molar-refractivity contribution in [3.05, 3.63) is 24.3 Å². The van der Waals surface area contributed by atoms with Crippen LogP contribution < -0.4 is 0 Å². The average Bonchev–Trinajstić information content (AvgIpc) is 3.30. The number of allylic oxidation sites excluding steroid dienone is 4. The Morgan fingerprint density at radius 1 is 0.441 bits per heavy atom. The Balaban J connectivity index is 4.15. The van der Waals surface area contributed by atoms with Crippen molar-refractivity contribution < 1.29 is 38.2 Å². The van der Waals surface area contributed by atoms with E-state index in [2.05, 4.69) is 38.2 Å². The normalized spacial score (nSPS) is 12.9. The van der Waals surface area contributed by atoms with E-state index in [1.807, 2.05) is 21.1 Å². The predicted octanol–water partition coefficient (Wildman–Crippen LogP) is 17.5. The molecule has 8 nitrogen and oxygen atoms in total. The molecule has 0 bridgehead atoms. The number of hydrogen-bond donors (Lipinski definition) is 1. The number of rotatable bonds is 54. The highest BCUT2D eigenvalue weighted by Crippen LogP contribution is 2.17. The highest BCUT2D eigenvalue weighted by atomic mass is 16.6. The first-order chi connectivity index (χ1) is 33.1. The van der Waals surface area contributed by atoms with Crippen LogP contribution in [0.15, 0.2) is 24.3 Å². The molecule has 400 valence electrons. The summed E-state index contributed by atoms with van der Waals surface area (Å²) >= 11 is 0. The molecule has 0 aliphatic heterocycles. The predicted molar refractivity (Wildman–Crippen MR) is 289 cm³/mol. The Kier molecular flexibility index (Phi) is 49.5. The summed E-state index contributed by atoms with van der Waals surface area (Å²) in [5.41, 5.74) is 0. The SMILES string of the molecule is CCCCCCCCCC/C=C/C/C=C/CCCCCCCCCC(=O)OC(COCCC(C(=O)O)[N+](C)(C)C)COC(=O)CCCCCCCCCCCCCCCCCCCCCCCC. The van der Waals surface area contributed by atoms with Crippen LogP contribution in [0.4, 0.5) is 0 Å². The molecule has 0 saturated heterocycles. The zero-order chi connectivity index (χ0) is 49.9. The van der Waals surface area contributed by atoms with Gasteiger partial charge in [-0.25, -0.2) is 4.79 Å². The molecule has 0 heterocycles. The summed E-state index contributed by atoms with van der Waals surface area (Å²) in [6, 6.07) is -0.615. The van der Waals surface area contributed by atoms with Crippen LogP contribution >= 0.6 is 0 Å². The maximum Gasteiger partial charge on any atom is 0.362 e. The number of likely N-dealkylation sites (N-methyl/N-ethyl adjacent to an activating group) is 1. The number of aliphatic carboxylic acids is 1. The number of ether oxygens (including phenoxy) is 3. The van der Waals surface area contributed by atoms with Crippen molar-refractivity contribution in [2.75, 3.05) is 41.0 Å². The molecule has 0 amide bonds. The van der Waals surface area contributed by atoms with Crippen LogP contribution in [-0.4, -0.2) is 80.6 Å². The molecular weight excluding hydrogens is 847 g/mol. The van der Waals surface area contributed by atoms with Gasteiger partial charge in [0, 0.05) is 19.3 Å².